The second-order valence-electron chi connectivity index (χ2n) is 4.53. The summed E-state index contributed by atoms with van der Waals surface area (Å²) in [4.78, 5) is 0. The number of unbranched alkanes of at least 4 members (excludes halogenated alkanes) is 2. The number of aliphatic hydroxyl groups is 1. The fourth-order valence-corrected chi connectivity index (χ4v) is 1.34. The molecule has 0 saturated heterocycles. The van der Waals surface area contributed by atoms with Gasteiger partial charge in [-0.15, -0.1) is 0 Å². The van der Waals surface area contributed by atoms with E-state index in [-0.39, 0.29) is 0 Å². The van der Waals surface area contributed by atoms with Gasteiger partial charge in [0.25, 0.3) is 0 Å². The van der Waals surface area contributed by atoms with Gasteiger partial charge in [-0.1, -0.05) is 39.5 Å². The van der Waals surface area contributed by atoms with Gasteiger partial charge in [-0.3, -0.25) is 18.2 Å². The summed E-state index contributed by atoms with van der Waals surface area (Å²) in [5, 5.41) is 9.96. The van der Waals surface area contributed by atoms with Crippen molar-refractivity contribution in [2.24, 2.45) is 5.73 Å². The molecule has 0 bridgehead atoms. The Kier molecular flexibility index (Phi) is 15.8. The lowest BCUT2D eigenvalue weighted by Gasteiger charge is -2.26. The van der Waals surface area contributed by atoms with Crippen molar-refractivity contribution in [3.63, 3.8) is 0 Å². The van der Waals surface area contributed by atoms with Crippen molar-refractivity contribution in [2.75, 3.05) is 6.54 Å². The van der Waals surface area contributed by atoms with E-state index in [0.29, 0.717) is 6.54 Å². The molecule has 10 nitrogen and oxygen atoms in total. The lowest BCUT2D eigenvalue weighted by molar-refractivity contribution is 0.0273. The summed E-state index contributed by atoms with van der Waals surface area (Å²) >= 11 is 0. The highest BCUT2D eigenvalue weighted by Crippen LogP contribution is 2.19. The fourth-order valence-electron chi connectivity index (χ4n) is 1.34. The zero-order chi connectivity index (χ0) is 18.4. The summed E-state index contributed by atoms with van der Waals surface area (Å²) in [5.41, 5.74) is 4.96. The van der Waals surface area contributed by atoms with Crippen LogP contribution in [0.1, 0.15) is 52.4 Å². The largest absolute Gasteiger partial charge is 0.394 e. The zero-order valence-corrected chi connectivity index (χ0v) is 14.3. The van der Waals surface area contributed by atoms with E-state index in [2.05, 4.69) is 13.8 Å². The topological polar surface area (TPSA) is 195 Å². The molecule has 138 valence electrons. The van der Waals surface area contributed by atoms with Crippen molar-refractivity contribution in [3.8, 4) is 0 Å². The van der Waals surface area contributed by atoms with Crippen LogP contribution in [0.5, 0.6) is 0 Å². The molecule has 0 aliphatic heterocycles. The quantitative estimate of drug-likeness (QED) is 0.348. The Labute approximate surface area is 131 Å². The summed E-state index contributed by atoms with van der Waals surface area (Å²) in [6.45, 7) is 4.68. The Morgan fingerprint density at radius 3 is 1.18 bits per heavy atom. The standard InChI is InChI=1S/C10H23NO.2H2O4S/c1-3-5-7-10(12,9-11)8-6-4-2;2*1-5(2,3)4/h12H,3-9,11H2,1-2H3;2*(H2,1,2,3,4). The SMILES string of the molecule is CCCCC(O)(CN)CCCC.O=S(=O)(O)O.O=S(=O)(O)O. The fraction of sp³-hybridized carbons (Fsp3) is 1.00. The highest BCUT2D eigenvalue weighted by atomic mass is 32.3. The van der Waals surface area contributed by atoms with Gasteiger partial charge in [0.05, 0.1) is 5.60 Å². The van der Waals surface area contributed by atoms with E-state index in [0.717, 1.165) is 38.5 Å². The van der Waals surface area contributed by atoms with Gasteiger partial charge in [-0.05, 0) is 12.8 Å². The summed E-state index contributed by atoms with van der Waals surface area (Å²) in [6, 6.07) is 0. The van der Waals surface area contributed by atoms with Crippen molar-refractivity contribution < 1.29 is 40.2 Å². The molecule has 12 heteroatoms. The van der Waals surface area contributed by atoms with Gasteiger partial charge in [0.15, 0.2) is 0 Å². The first-order chi connectivity index (χ1) is 9.68. The van der Waals surface area contributed by atoms with Gasteiger partial charge in [-0.25, -0.2) is 0 Å². The summed E-state index contributed by atoms with van der Waals surface area (Å²) in [6.07, 6.45) is 6.15. The minimum Gasteiger partial charge on any atom is -0.389 e. The maximum Gasteiger partial charge on any atom is 0.394 e. The smallest absolute Gasteiger partial charge is 0.389 e. The Hall–Kier alpha value is -0.340. The van der Waals surface area contributed by atoms with E-state index in [1.165, 1.54) is 0 Å². The molecule has 7 N–H and O–H groups in total. The average Bonchev–Trinajstić information content (AvgIpc) is 2.30. The minimum atomic E-state index is -4.67. The average molecular weight is 369 g/mol. The normalized spacial score (nSPS) is 11.8. The van der Waals surface area contributed by atoms with Crippen LogP contribution in [0.2, 0.25) is 0 Å². The molecule has 22 heavy (non-hydrogen) atoms. The van der Waals surface area contributed by atoms with Crippen LogP contribution in [0.25, 0.3) is 0 Å². The summed E-state index contributed by atoms with van der Waals surface area (Å²) in [5.74, 6) is 0. The minimum absolute atomic E-state index is 0.410. The molecular formula is C10H27NO9S2. The Morgan fingerprint density at radius 2 is 1.05 bits per heavy atom. The zero-order valence-electron chi connectivity index (χ0n) is 12.7. The third-order valence-corrected chi connectivity index (χ3v) is 2.37. The number of nitrogens with two attached hydrogens (primary N) is 1. The molecule has 0 unspecified atom stereocenters. The molecule has 0 amide bonds. The lowest BCUT2D eigenvalue weighted by atomic mass is 9.91. The van der Waals surface area contributed by atoms with Crippen molar-refractivity contribution in [2.45, 2.75) is 58.0 Å². The van der Waals surface area contributed by atoms with E-state index in [1.54, 1.807) is 0 Å². The van der Waals surface area contributed by atoms with E-state index in [1.807, 2.05) is 0 Å². The van der Waals surface area contributed by atoms with E-state index in [9.17, 15) is 5.11 Å². The Morgan fingerprint density at radius 1 is 0.818 bits per heavy atom. The molecule has 0 aromatic rings. The van der Waals surface area contributed by atoms with Crippen molar-refractivity contribution in [1.29, 1.82) is 0 Å². The third kappa shape index (κ3) is 42.7. The second-order valence-corrected chi connectivity index (χ2v) is 6.32. The maximum atomic E-state index is 9.96. The molecule has 0 aliphatic carbocycles. The highest BCUT2D eigenvalue weighted by Gasteiger charge is 2.22. The molecule has 0 radical (unpaired) electrons. The summed E-state index contributed by atoms with van der Waals surface area (Å²) in [7, 11) is -9.33. The number of rotatable bonds is 7. The predicted octanol–water partition coefficient (Wildman–Crippen LogP) is 0.751. The van der Waals surface area contributed by atoms with Crippen LogP contribution in [-0.2, 0) is 20.8 Å². The number of hydrogen-bond donors (Lipinski definition) is 6. The Balaban J connectivity index is -0.000000298. The second kappa shape index (κ2) is 13.1. The molecule has 0 aliphatic rings. The Bertz CT molecular complexity index is 393. The molecule has 0 saturated carbocycles. The maximum absolute atomic E-state index is 9.96. The molecule has 0 rings (SSSR count). The summed E-state index contributed by atoms with van der Waals surface area (Å²) < 4.78 is 63.2. The van der Waals surface area contributed by atoms with Crippen molar-refractivity contribution in [3.05, 3.63) is 0 Å². The first kappa shape index (κ1) is 26.6. The first-order valence-electron chi connectivity index (χ1n) is 6.50. The van der Waals surface area contributed by atoms with E-state index >= 15 is 0 Å². The number of hydrogen-bond acceptors (Lipinski definition) is 6. The molecular weight excluding hydrogens is 342 g/mol. The molecule has 0 atom stereocenters. The van der Waals surface area contributed by atoms with Gasteiger partial charge in [0.2, 0.25) is 0 Å². The van der Waals surface area contributed by atoms with E-state index in [4.69, 9.17) is 40.8 Å². The highest BCUT2D eigenvalue weighted by molar-refractivity contribution is 7.80. The van der Waals surface area contributed by atoms with Crippen LogP contribution in [-0.4, -0.2) is 52.3 Å². The van der Waals surface area contributed by atoms with Crippen LogP contribution in [0.15, 0.2) is 0 Å². The monoisotopic (exact) mass is 369 g/mol. The molecule has 0 spiro atoms. The molecule has 0 fully saturated rings. The van der Waals surface area contributed by atoms with Gasteiger partial charge in [0.1, 0.15) is 0 Å². The van der Waals surface area contributed by atoms with Crippen LogP contribution in [0.4, 0.5) is 0 Å². The molecule has 0 heterocycles. The molecule has 0 aromatic carbocycles. The van der Waals surface area contributed by atoms with Crippen molar-refractivity contribution >= 4 is 20.8 Å². The lowest BCUT2D eigenvalue weighted by Crippen LogP contribution is -2.37. The van der Waals surface area contributed by atoms with Crippen LogP contribution in [0.3, 0.4) is 0 Å². The third-order valence-electron chi connectivity index (χ3n) is 2.37. The molecule has 0 aromatic heterocycles. The van der Waals surface area contributed by atoms with Crippen LogP contribution in [0, 0.1) is 0 Å². The van der Waals surface area contributed by atoms with Crippen molar-refractivity contribution in [1.82, 2.24) is 0 Å². The van der Waals surface area contributed by atoms with Gasteiger partial charge >= 0.3 is 20.8 Å². The van der Waals surface area contributed by atoms with E-state index < -0.39 is 26.4 Å². The first-order valence-corrected chi connectivity index (χ1v) is 9.30. The van der Waals surface area contributed by atoms with Crippen LogP contribution >= 0.6 is 0 Å². The van der Waals surface area contributed by atoms with Gasteiger partial charge in [-0.2, -0.15) is 16.8 Å². The predicted molar refractivity (Wildman–Crippen MR) is 81.4 cm³/mol. The van der Waals surface area contributed by atoms with Gasteiger partial charge in [0, 0.05) is 6.54 Å². The van der Waals surface area contributed by atoms with Crippen LogP contribution < -0.4 is 5.73 Å². The van der Waals surface area contributed by atoms with Gasteiger partial charge < -0.3 is 10.8 Å².